The maximum Gasteiger partial charge on any atom is 0.134 e. The lowest BCUT2D eigenvalue weighted by atomic mass is 10.1. The van der Waals surface area contributed by atoms with Crippen molar-refractivity contribution in [3.05, 3.63) is 59.9 Å². The van der Waals surface area contributed by atoms with Crippen LogP contribution in [0, 0.1) is 6.92 Å². The third-order valence-corrected chi connectivity index (χ3v) is 3.24. The van der Waals surface area contributed by atoms with Crippen molar-refractivity contribution in [2.24, 2.45) is 0 Å². The first kappa shape index (κ1) is 11.7. The number of phenols is 1. The van der Waals surface area contributed by atoms with Gasteiger partial charge in [0.2, 0.25) is 0 Å². The summed E-state index contributed by atoms with van der Waals surface area (Å²) in [5.74, 6) is 1.21. The van der Waals surface area contributed by atoms with Gasteiger partial charge in [-0.3, -0.25) is 0 Å². The molecule has 3 nitrogen and oxygen atoms in total. The summed E-state index contributed by atoms with van der Waals surface area (Å²) in [5, 5.41) is 13.7. The Bertz CT molecular complexity index is 698. The van der Waals surface area contributed by atoms with Crippen molar-refractivity contribution >= 4 is 16.7 Å². The summed E-state index contributed by atoms with van der Waals surface area (Å²) in [5.41, 5.74) is 3.06. The second-order valence-corrected chi connectivity index (χ2v) is 4.53. The molecule has 96 valence electrons. The zero-order valence-corrected chi connectivity index (χ0v) is 10.7. The van der Waals surface area contributed by atoms with Crippen LogP contribution in [-0.4, -0.2) is 5.11 Å². The lowest BCUT2D eigenvalue weighted by molar-refractivity contribution is 0.475. The Labute approximate surface area is 111 Å². The molecule has 1 heterocycles. The van der Waals surface area contributed by atoms with E-state index in [1.54, 1.807) is 12.1 Å². The number of benzene rings is 2. The minimum Gasteiger partial charge on any atom is -0.508 e. The lowest BCUT2D eigenvalue weighted by Gasteiger charge is -2.06. The molecule has 0 bridgehead atoms. The Hall–Kier alpha value is -2.42. The first-order valence-corrected chi connectivity index (χ1v) is 6.24. The predicted molar refractivity (Wildman–Crippen MR) is 76.4 cm³/mol. The largest absolute Gasteiger partial charge is 0.508 e. The van der Waals surface area contributed by atoms with Gasteiger partial charge in [0.1, 0.15) is 17.1 Å². The van der Waals surface area contributed by atoms with Crippen LogP contribution in [0.15, 0.2) is 52.9 Å². The number of aromatic hydroxyl groups is 1. The minimum atomic E-state index is 0.274. The van der Waals surface area contributed by atoms with Crippen LogP contribution < -0.4 is 5.32 Å². The first-order valence-electron chi connectivity index (χ1n) is 6.24. The standard InChI is InChI=1S/C16H15NO2/c1-11-15(14-4-2-3-5-16(14)19-11)10-17-12-6-8-13(18)9-7-12/h2-9,17-18H,10H2,1H3. The average molecular weight is 253 g/mol. The smallest absolute Gasteiger partial charge is 0.134 e. The van der Waals surface area contributed by atoms with Gasteiger partial charge < -0.3 is 14.8 Å². The number of anilines is 1. The Kier molecular flexibility index (Phi) is 2.88. The number of furan rings is 1. The second kappa shape index (κ2) is 4.69. The number of hydrogen-bond donors (Lipinski definition) is 2. The fourth-order valence-electron chi connectivity index (χ4n) is 2.21. The molecule has 0 aliphatic rings. The van der Waals surface area contributed by atoms with Crippen LogP contribution >= 0.6 is 0 Å². The van der Waals surface area contributed by atoms with E-state index in [0.717, 1.165) is 22.4 Å². The number of fused-ring (bicyclic) bond motifs is 1. The van der Waals surface area contributed by atoms with E-state index in [4.69, 9.17) is 4.42 Å². The third-order valence-electron chi connectivity index (χ3n) is 3.24. The molecule has 19 heavy (non-hydrogen) atoms. The second-order valence-electron chi connectivity index (χ2n) is 4.53. The summed E-state index contributed by atoms with van der Waals surface area (Å²) in [4.78, 5) is 0. The zero-order valence-electron chi connectivity index (χ0n) is 10.7. The van der Waals surface area contributed by atoms with Gasteiger partial charge in [0.05, 0.1) is 0 Å². The van der Waals surface area contributed by atoms with E-state index < -0.39 is 0 Å². The predicted octanol–water partition coefficient (Wildman–Crippen LogP) is 4.06. The number of para-hydroxylation sites is 1. The minimum absolute atomic E-state index is 0.274. The van der Waals surface area contributed by atoms with E-state index in [1.165, 1.54) is 5.56 Å². The van der Waals surface area contributed by atoms with Crippen molar-refractivity contribution in [2.45, 2.75) is 13.5 Å². The van der Waals surface area contributed by atoms with Crippen LogP contribution in [0.25, 0.3) is 11.0 Å². The maximum absolute atomic E-state index is 9.25. The summed E-state index contributed by atoms with van der Waals surface area (Å²) < 4.78 is 5.73. The van der Waals surface area contributed by atoms with E-state index in [0.29, 0.717) is 6.54 Å². The van der Waals surface area contributed by atoms with Gasteiger partial charge in [-0.05, 0) is 37.3 Å². The molecule has 0 aliphatic carbocycles. The maximum atomic E-state index is 9.25. The SMILES string of the molecule is Cc1oc2ccccc2c1CNc1ccc(O)cc1. The molecule has 0 amide bonds. The van der Waals surface area contributed by atoms with Gasteiger partial charge in [0.25, 0.3) is 0 Å². The van der Waals surface area contributed by atoms with E-state index in [-0.39, 0.29) is 5.75 Å². The molecular formula is C16H15NO2. The van der Waals surface area contributed by atoms with Gasteiger partial charge in [0.15, 0.2) is 0 Å². The van der Waals surface area contributed by atoms with Crippen LogP contribution in [-0.2, 0) is 6.54 Å². The topological polar surface area (TPSA) is 45.4 Å². The molecule has 0 fully saturated rings. The van der Waals surface area contributed by atoms with Crippen molar-refractivity contribution in [2.75, 3.05) is 5.32 Å². The molecule has 0 spiro atoms. The number of rotatable bonds is 3. The first-order chi connectivity index (χ1) is 9.24. The Balaban J connectivity index is 1.85. The van der Waals surface area contributed by atoms with E-state index in [9.17, 15) is 5.11 Å². The van der Waals surface area contributed by atoms with Crippen molar-refractivity contribution in [1.82, 2.24) is 0 Å². The molecule has 3 aromatic rings. The highest BCUT2D eigenvalue weighted by Crippen LogP contribution is 2.26. The highest BCUT2D eigenvalue weighted by Gasteiger charge is 2.09. The van der Waals surface area contributed by atoms with Crippen LogP contribution in [0.4, 0.5) is 5.69 Å². The monoisotopic (exact) mass is 253 g/mol. The molecule has 0 radical (unpaired) electrons. The fourth-order valence-corrected chi connectivity index (χ4v) is 2.21. The molecule has 0 saturated heterocycles. The number of nitrogens with one attached hydrogen (secondary N) is 1. The molecule has 3 rings (SSSR count). The number of hydrogen-bond acceptors (Lipinski definition) is 3. The van der Waals surface area contributed by atoms with Gasteiger partial charge >= 0.3 is 0 Å². The Morgan fingerprint density at radius 1 is 1.05 bits per heavy atom. The lowest BCUT2D eigenvalue weighted by Crippen LogP contribution is -1.99. The van der Waals surface area contributed by atoms with Gasteiger partial charge in [-0.15, -0.1) is 0 Å². The van der Waals surface area contributed by atoms with Crippen LogP contribution in [0.3, 0.4) is 0 Å². The summed E-state index contributed by atoms with van der Waals surface area (Å²) >= 11 is 0. The van der Waals surface area contributed by atoms with E-state index >= 15 is 0 Å². The van der Waals surface area contributed by atoms with Crippen LogP contribution in [0.2, 0.25) is 0 Å². The quantitative estimate of drug-likeness (QED) is 0.692. The van der Waals surface area contributed by atoms with Crippen molar-refractivity contribution < 1.29 is 9.52 Å². The Morgan fingerprint density at radius 3 is 2.58 bits per heavy atom. The molecule has 0 saturated carbocycles. The van der Waals surface area contributed by atoms with Gasteiger partial charge in [-0.2, -0.15) is 0 Å². The molecule has 2 aromatic carbocycles. The van der Waals surface area contributed by atoms with Crippen molar-refractivity contribution in [1.29, 1.82) is 0 Å². The molecule has 1 aromatic heterocycles. The zero-order chi connectivity index (χ0) is 13.2. The Morgan fingerprint density at radius 2 is 1.79 bits per heavy atom. The van der Waals surface area contributed by atoms with E-state index in [1.807, 2.05) is 37.3 Å². The summed E-state index contributed by atoms with van der Waals surface area (Å²) in [6.07, 6.45) is 0. The summed E-state index contributed by atoms with van der Waals surface area (Å²) in [6, 6.07) is 15.1. The van der Waals surface area contributed by atoms with E-state index in [2.05, 4.69) is 11.4 Å². The van der Waals surface area contributed by atoms with Crippen molar-refractivity contribution in [3.8, 4) is 5.75 Å². The third kappa shape index (κ3) is 2.27. The number of phenolic OH excluding ortho intramolecular Hbond substituents is 1. The van der Waals surface area contributed by atoms with Crippen LogP contribution in [0.1, 0.15) is 11.3 Å². The molecular weight excluding hydrogens is 238 g/mol. The highest BCUT2D eigenvalue weighted by molar-refractivity contribution is 5.82. The number of aryl methyl sites for hydroxylation is 1. The van der Waals surface area contributed by atoms with Gasteiger partial charge in [0, 0.05) is 23.2 Å². The normalized spacial score (nSPS) is 10.8. The summed E-state index contributed by atoms with van der Waals surface area (Å²) in [7, 11) is 0. The van der Waals surface area contributed by atoms with Crippen LogP contribution in [0.5, 0.6) is 5.75 Å². The molecule has 0 aliphatic heterocycles. The molecule has 3 heteroatoms. The molecule has 0 atom stereocenters. The molecule has 2 N–H and O–H groups in total. The summed E-state index contributed by atoms with van der Waals surface area (Å²) in [6.45, 7) is 2.68. The van der Waals surface area contributed by atoms with Crippen molar-refractivity contribution in [3.63, 3.8) is 0 Å². The average Bonchev–Trinajstić information content (AvgIpc) is 2.74. The highest BCUT2D eigenvalue weighted by atomic mass is 16.3. The molecule has 0 unspecified atom stereocenters. The van der Waals surface area contributed by atoms with Gasteiger partial charge in [-0.1, -0.05) is 18.2 Å². The van der Waals surface area contributed by atoms with Gasteiger partial charge in [-0.25, -0.2) is 0 Å². The fraction of sp³-hybridized carbons (Fsp3) is 0.125.